The number of anilines is 2. The van der Waals surface area contributed by atoms with E-state index < -0.39 is 0 Å². The van der Waals surface area contributed by atoms with E-state index in [0.29, 0.717) is 0 Å². The second-order valence-corrected chi connectivity index (χ2v) is 11.0. The van der Waals surface area contributed by atoms with Gasteiger partial charge in [0.1, 0.15) is 0 Å². The highest BCUT2D eigenvalue weighted by Crippen LogP contribution is 2.28. The van der Waals surface area contributed by atoms with Crippen LogP contribution in [-0.2, 0) is 41.7 Å². The van der Waals surface area contributed by atoms with Gasteiger partial charge in [-0.05, 0) is 103 Å². The molecule has 4 heteroatoms. The van der Waals surface area contributed by atoms with Gasteiger partial charge in [0, 0.05) is 23.2 Å². The van der Waals surface area contributed by atoms with Crippen molar-refractivity contribution in [3.05, 3.63) is 130 Å². The van der Waals surface area contributed by atoms with E-state index in [4.69, 9.17) is 0 Å². The molecule has 0 spiro atoms. The van der Waals surface area contributed by atoms with Gasteiger partial charge in [0.25, 0.3) is 0 Å². The van der Waals surface area contributed by atoms with Gasteiger partial charge in [-0.15, -0.1) is 0 Å². The standard InChI is InChI=1S/C35H34N2O2/c38-34(30-15-13-26-5-1-3-7-28(26)22-30)36-32-17-9-24(10-18-32)21-25-11-19-33(20-12-25)37-35(39)31-16-14-27-6-2-4-8-29(27)23-31/h1-12,17-20,30-31H,13-16,21-23H2,(H,36,38)(H,37,39). The van der Waals surface area contributed by atoms with Gasteiger partial charge in [-0.3, -0.25) is 9.59 Å². The topological polar surface area (TPSA) is 58.2 Å². The Morgan fingerprint density at radius 1 is 0.538 bits per heavy atom. The third kappa shape index (κ3) is 5.96. The van der Waals surface area contributed by atoms with Gasteiger partial charge in [0.05, 0.1) is 0 Å². The Balaban J connectivity index is 1.00. The van der Waals surface area contributed by atoms with Crippen LogP contribution in [0.4, 0.5) is 11.4 Å². The number of nitrogens with one attached hydrogen (secondary N) is 2. The number of hydrogen-bond donors (Lipinski definition) is 2. The number of fused-ring (bicyclic) bond motifs is 2. The molecule has 196 valence electrons. The Hall–Kier alpha value is -4.18. The summed E-state index contributed by atoms with van der Waals surface area (Å²) in [6.45, 7) is 0. The van der Waals surface area contributed by atoms with Crippen molar-refractivity contribution in [2.24, 2.45) is 11.8 Å². The van der Waals surface area contributed by atoms with E-state index in [1.54, 1.807) is 0 Å². The lowest BCUT2D eigenvalue weighted by Gasteiger charge is -2.24. The minimum atomic E-state index is 0.0208. The van der Waals surface area contributed by atoms with E-state index >= 15 is 0 Å². The van der Waals surface area contributed by atoms with E-state index in [2.05, 4.69) is 83.4 Å². The van der Waals surface area contributed by atoms with Gasteiger partial charge >= 0.3 is 0 Å². The summed E-state index contributed by atoms with van der Waals surface area (Å²) in [5.74, 6) is 0.250. The fourth-order valence-corrected chi connectivity index (χ4v) is 5.98. The largest absolute Gasteiger partial charge is 0.326 e. The van der Waals surface area contributed by atoms with Crippen molar-refractivity contribution in [1.82, 2.24) is 0 Å². The average molecular weight is 515 g/mol. The summed E-state index contributed by atoms with van der Waals surface area (Å²) >= 11 is 0. The predicted octanol–water partition coefficient (Wildman–Crippen LogP) is 6.76. The molecule has 0 heterocycles. The highest BCUT2D eigenvalue weighted by atomic mass is 16.2. The molecule has 2 N–H and O–H groups in total. The molecule has 0 bridgehead atoms. The predicted molar refractivity (Wildman–Crippen MR) is 157 cm³/mol. The maximum absolute atomic E-state index is 12.9. The van der Waals surface area contributed by atoms with E-state index in [-0.39, 0.29) is 23.7 Å². The molecule has 0 aliphatic heterocycles. The molecule has 2 unspecified atom stereocenters. The minimum Gasteiger partial charge on any atom is -0.326 e. The van der Waals surface area contributed by atoms with Crippen molar-refractivity contribution < 1.29 is 9.59 Å². The molecule has 0 radical (unpaired) electrons. The van der Waals surface area contributed by atoms with Crippen LogP contribution in [0.5, 0.6) is 0 Å². The van der Waals surface area contributed by atoms with Crippen LogP contribution in [0.25, 0.3) is 0 Å². The summed E-state index contributed by atoms with van der Waals surface area (Å²) in [7, 11) is 0. The lowest BCUT2D eigenvalue weighted by Crippen LogP contribution is -2.28. The zero-order valence-corrected chi connectivity index (χ0v) is 22.2. The van der Waals surface area contributed by atoms with Crippen molar-refractivity contribution >= 4 is 23.2 Å². The molecule has 4 aromatic rings. The third-order valence-electron chi connectivity index (χ3n) is 8.29. The lowest BCUT2D eigenvalue weighted by molar-refractivity contribution is -0.121. The van der Waals surface area contributed by atoms with Crippen molar-refractivity contribution in [3.63, 3.8) is 0 Å². The number of rotatable bonds is 6. The first-order valence-electron chi connectivity index (χ1n) is 14.0. The summed E-state index contributed by atoms with van der Waals surface area (Å²) in [5.41, 5.74) is 9.37. The fourth-order valence-electron chi connectivity index (χ4n) is 5.98. The summed E-state index contributed by atoms with van der Waals surface area (Å²) < 4.78 is 0. The number of amides is 2. The second kappa shape index (κ2) is 11.3. The minimum absolute atomic E-state index is 0.0208. The van der Waals surface area contributed by atoms with Crippen LogP contribution >= 0.6 is 0 Å². The number of hydrogen-bond acceptors (Lipinski definition) is 2. The first-order chi connectivity index (χ1) is 19.1. The normalized spacial score (nSPS) is 17.9. The van der Waals surface area contributed by atoms with E-state index in [0.717, 1.165) is 56.3 Å². The van der Waals surface area contributed by atoms with Gasteiger partial charge in [-0.25, -0.2) is 0 Å². The highest BCUT2D eigenvalue weighted by Gasteiger charge is 2.25. The van der Waals surface area contributed by atoms with Crippen LogP contribution in [0.3, 0.4) is 0 Å². The van der Waals surface area contributed by atoms with Crippen LogP contribution in [0.1, 0.15) is 46.2 Å². The van der Waals surface area contributed by atoms with E-state index in [1.807, 2.05) is 24.3 Å². The van der Waals surface area contributed by atoms with Gasteiger partial charge in [0.2, 0.25) is 11.8 Å². The van der Waals surface area contributed by atoms with Crippen molar-refractivity contribution in [3.8, 4) is 0 Å². The monoisotopic (exact) mass is 514 g/mol. The molecule has 0 saturated carbocycles. The Morgan fingerprint density at radius 3 is 1.33 bits per heavy atom. The van der Waals surface area contributed by atoms with Crippen LogP contribution in [0.15, 0.2) is 97.1 Å². The van der Waals surface area contributed by atoms with Crippen LogP contribution in [-0.4, -0.2) is 11.8 Å². The second-order valence-electron chi connectivity index (χ2n) is 11.0. The molecule has 0 fully saturated rings. The molecule has 0 aromatic heterocycles. The molecule has 2 aliphatic rings. The van der Waals surface area contributed by atoms with Crippen LogP contribution < -0.4 is 10.6 Å². The maximum atomic E-state index is 12.9. The van der Waals surface area contributed by atoms with E-state index in [9.17, 15) is 9.59 Å². The first kappa shape index (κ1) is 25.1. The van der Waals surface area contributed by atoms with Crippen molar-refractivity contribution in [2.75, 3.05) is 10.6 Å². The summed E-state index contributed by atoms with van der Waals surface area (Å²) in [6, 6.07) is 33.1. The molecule has 4 aromatic carbocycles. The molecule has 2 aliphatic carbocycles. The molecule has 2 atom stereocenters. The highest BCUT2D eigenvalue weighted by molar-refractivity contribution is 5.93. The van der Waals surface area contributed by atoms with Crippen molar-refractivity contribution in [1.29, 1.82) is 0 Å². The summed E-state index contributed by atoms with van der Waals surface area (Å²) in [4.78, 5) is 25.8. The Labute approximate surface area is 230 Å². The number of carbonyl (C=O) groups is 2. The molecule has 4 nitrogen and oxygen atoms in total. The Morgan fingerprint density at radius 2 is 0.923 bits per heavy atom. The fraction of sp³-hybridized carbons (Fsp3) is 0.257. The van der Waals surface area contributed by atoms with Crippen LogP contribution in [0.2, 0.25) is 0 Å². The molecule has 39 heavy (non-hydrogen) atoms. The summed E-state index contributed by atoms with van der Waals surface area (Å²) in [5, 5.41) is 6.23. The van der Waals surface area contributed by atoms with E-state index in [1.165, 1.54) is 33.4 Å². The smallest absolute Gasteiger partial charge is 0.227 e. The van der Waals surface area contributed by atoms with Gasteiger partial charge in [-0.1, -0.05) is 72.8 Å². The van der Waals surface area contributed by atoms with Crippen LogP contribution in [0, 0.1) is 11.8 Å². The zero-order chi connectivity index (χ0) is 26.6. The molecular formula is C35H34N2O2. The lowest BCUT2D eigenvalue weighted by atomic mass is 9.83. The molecule has 6 rings (SSSR count). The number of benzene rings is 4. The maximum Gasteiger partial charge on any atom is 0.227 e. The zero-order valence-electron chi connectivity index (χ0n) is 22.2. The SMILES string of the molecule is O=C(Nc1ccc(Cc2ccc(NC(=O)C3CCc4ccccc4C3)cc2)cc1)C1CCc2ccccc2C1. The quantitative estimate of drug-likeness (QED) is 0.299. The van der Waals surface area contributed by atoms with Gasteiger partial charge < -0.3 is 10.6 Å². The van der Waals surface area contributed by atoms with Gasteiger partial charge in [0.15, 0.2) is 0 Å². The molecular weight excluding hydrogens is 480 g/mol. The molecule has 0 saturated heterocycles. The number of carbonyl (C=O) groups excluding carboxylic acids is 2. The van der Waals surface area contributed by atoms with Gasteiger partial charge in [-0.2, -0.15) is 0 Å². The Bertz CT molecular complexity index is 1360. The Kier molecular flexibility index (Phi) is 7.27. The summed E-state index contributed by atoms with van der Waals surface area (Å²) in [6.07, 6.45) is 6.13. The van der Waals surface area contributed by atoms with Crippen molar-refractivity contribution in [2.45, 2.75) is 44.9 Å². The first-order valence-corrected chi connectivity index (χ1v) is 14.0. The third-order valence-corrected chi connectivity index (χ3v) is 8.29. The number of aryl methyl sites for hydroxylation is 2. The molecule has 2 amide bonds. The average Bonchev–Trinajstić information content (AvgIpc) is 2.98.